The summed E-state index contributed by atoms with van der Waals surface area (Å²) in [6.45, 7) is 5.85. The Bertz CT molecular complexity index is 511. The molecule has 0 amide bonds. The molecule has 0 aromatic heterocycles. The van der Waals surface area contributed by atoms with Gasteiger partial charge in [0.15, 0.2) is 0 Å². The zero-order valence-corrected chi connectivity index (χ0v) is 13.3. The van der Waals surface area contributed by atoms with Gasteiger partial charge in [-0.2, -0.15) is 0 Å². The minimum absolute atomic E-state index is 0.0130. The number of hydrogen-bond acceptors (Lipinski definition) is 5. The van der Waals surface area contributed by atoms with Crippen molar-refractivity contribution in [3.8, 4) is 0 Å². The van der Waals surface area contributed by atoms with Crippen LogP contribution in [0, 0.1) is 0 Å². The third-order valence-electron chi connectivity index (χ3n) is 3.98. The molecule has 22 heavy (non-hydrogen) atoms. The molecule has 5 heteroatoms. The zero-order chi connectivity index (χ0) is 16.2. The van der Waals surface area contributed by atoms with E-state index in [0.717, 1.165) is 5.56 Å². The summed E-state index contributed by atoms with van der Waals surface area (Å²) in [4.78, 5) is 25.3. The van der Waals surface area contributed by atoms with Crippen LogP contribution in [-0.2, 0) is 19.1 Å². The minimum atomic E-state index is -1.47. The second-order valence-corrected chi connectivity index (χ2v) is 5.49. The lowest BCUT2D eigenvalue weighted by Crippen LogP contribution is -2.60. The first kappa shape index (κ1) is 16.5. The summed E-state index contributed by atoms with van der Waals surface area (Å²) in [7, 11) is 0. The van der Waals surface area contributed by atoms with Crippen molar-refractivity contribution in [2.45, 2.75) is 44.7 Å². The van der Waals surface area contributed by atoms with E-state index in [1.54, 1.807) is 13.8 Å². The summed E-state index contributed by atoms with van der Waals surface area (Å²) >= 11 is 0. The van der Waals surface area contributed by atoms with Crippen LogP contribution in [0.5, 0.6) is 0 Å². The highest BCUT2D eigenvalue weighted by Gasteiger charge is 2.59. The van der Waals surface area contributed by atoms with Gasteiger partial charge in [0.05, 0.1) is 13.2 Å². The van der Waals surface area contributed by atoms with E-state index in [0.29, 0.717) is 6.42 Å². The molecule has 1 heterocycles. The van der Waals surface area contributed by atoms with E-state index in [9.17, 15) is 9.59 Å². The lowest BCUT2D eigenvalue weighted by Gasteiger charge is -2.31. The molecule has 2 rings (SSSR count). The Morgan fingerprint density at radius 1 is 1.14 bits per heavy atom. The monoisotopic (exact) mass is 305 g/mol. The van der Waals surface area contributed by atoms with Crippen molar-refractivity contribution < 1.29 is 19.1 Å². The third kappa shape index (κ3) is 2.86. The minimum Gasteiger partial charge on any atom is -0.464 e. The predicted molar refractivity (Wildman–Crippen MR) is 82.4 cm³/mol. The number of nitrogens with one attached hydrogen (secondary N) is 1. The molecule has 120 valence electrons. The molecule has 0 aliphatic carbocycles. The summed E-state index contributed by atoms with van der Waals surface area (Å²) < 4.78 is 10.4. The van der Waals surface area contributed by atoms with Crippen LogP contribution in [0.4, 0.5) is 0 Å². The third-order valence-corrected chi connectivity index (χ3v) is 3.98. The van der Waals surface area contributed by atoms with Crippen LogP contribution in [0.1, 0.15) is 38.7 Å². The fourth-order valence-corrected chi connectivity index (χ4v) is 3.13. The molecule has 0 unspecified atom stereocenters. The highest BCUT2D eigenvalue weighted by Crippen LogP contribution is 2.40. The van der Waals surface area contributed by atoms with Crippen LogP contribution < -0.4 is 5.32 Å². The number of rotatable bonds is 5. The molecule has 0 spiro atoms. The highest BCUT2D eigenvalue weighted by molar-refractivity contribution is 6.06. The number of esters is 2. The summed E-state index contributed by atoms with van der Waals surface area (Å²) in [5, 5.41) is 3.14. The number of hydrogen-bond donors (Lipinski definition) is 1. The Labute approximate surface area is 131 Å². The Balaban J connectivity index is 2.48. The first-order chi connectivity index (χ1) is 10.6. The standard InChI is InChI=1S/C17H23NO4/c1-4-21-15(19)17(16(20)22-5-2)14(11-12(3)18-17)13-9-7-6-8-10-13/h6-10,12,14,18H,4-5,11H2,1-3H3/t12-,14-/m0/s1. The fourth-order valence-electron chi connectivity index (χ4n) is 3.13. The van der Waals surface area contributed by atoms with Gasteiger partial charge in [0.25, 0.3) is 0 Å². The second kappa shape index (κ2) is 6.92. The SMILES string of the molecule is CCOC(=O)C1(C(=O)OCC)N[C@@H](C)C[C@H]1c1ccccc1. The van der Waals surface area contributed by atoms with Crippen molar-refractivity contribution >= 4 is 11.9 Å². The van der Waals surface area contributed by atoms with Gasteiger partial charge >= 0.3 is 11.9 Å². The zero-order valence-electron chi connectivity index (χ0n) is 13.3. The highest BCUT2D eigenvalue weighted by atomic mass is 16.6. The lowest BCUT2D eigenvalue weighted by molar-refractivity contribution is -0.166. The van der Waals surface area contributed by atoms with E-state index in [-0.39, 0.29) is 25.2 Å². The second-order valence-electron chi connectivity index (χ2n) is 5.49. The molecule has 1 N–H and O–H groups in total. The Kier molecular flexibility index (Phi) is 5.19. The quantitative estimate of drug-likeness (QED) is 0.666. The molecule has 1 aliphatic rings. The molecular weight excluding hydrogens is 282 g/mol. The van der Waals surface area contributed by atoms with Crippen molar-refractivity contribution in [2.24, 2.45) is 0 Å². The average Bonchev–Trinajstić information content (AvgIpc) is 2.87. The molecule has 2 atom stereocenters. The maximum atomic E-state index is 12.6. The van der Waals surface area contributed by atoms with Gasteiger partial charge in [-0.1, -0.05) is 30.3 Å². The smallest absolute Gasteiger partial charge is 0.338 e. The molecule has 1 aromatic rings. The van der Waals surface area contributed by atoms with Crippen LogP contribution in [0.3, 0.4) is 0 Å². The molecular formula is C17H23NO4. The molecule has 1 aliphatic heterocycles. The summed E-state index contributed by atoms with van der Waals surface area (Å²) in [5.41, 5.74) is -0.535. The summed E-state index contributed by atoms with van der Waals surface area (Å²) in [5.74, 6) is -1.43. The fraction of sp³-hybridized carbons (Fsp3) is 0.529. The molecule has 1 saturated heterocycles. The average molecular weight is 305 g/mol. The van der Waals surface area contributed by atoms with Gasteiger partial charge in [-0.15, -0.1) is 0 Å². The van der Waals surface area contributed by atoms with Crippen LogP contribution in [0.15, 0.2) is 30.3 Å². The molecule has 5 nitrogen and oxygen atoms in total. The van der Waals surface area contributed by atoms with E-state index in [1.807, 2.05) is 37.3 Å². The normalized spacial score (nSPS) is 23.0. The first-order valence-corrected chi connectivity index (χ1v) is 7.73. The van der Waals surface area contributed by atoms with Gasteiger partial charge in [-0.25, -0.2) is 9.59 Å². The van der Waals surface area contributed by atoms with Crippen LogP contribution >= 0.6 is 0 Å². The predicted octanol–water partition coefficient (Wildman–Crippen LogP) is 2.02. The Morgan fingerprint density at radius 2 is 1.68 bits per heavy atom. The topological polar surface area (TPSA) is 64.6 Å². The van der Waals surface area contributed by atoms with Crippen LogP contribution in [0.2, 0.25) is 0 Å². The van der Waals surface area contributed by atoms with Crippen molar-refractivity contribution in [3.63, 3.8) is 0 Å². The van der Waals surface area contributed by atoms with Gasteiger partial charge in [0, 0.05) is 12.0 Å². The van der Waals surface area contributed by atoms with Crippen LogP contribution in [-0.4, -0.2) is 36.7 Å². The maximum absolute atomic E-state index is 12.6. The molecule has 1 aromatic carbocycles. The maximum Gasteiger partial charge on any atom is 0.338 e. The van der Waals surface area contributed by atoms with Crippen molar-refractivity contribution in [1.29, 1.82) is 0 Å². The van der Waals surface area contributed by atoms with Crippen LogP contribution in [0.25, 0.3) is 0 Å². The molecule has 0 radical (unpaired) electrons. The van der Waals surface area contributed by atoms with E-state index < -0.39 is 17.5 Å². The number of carbonyl (C=O) groups is 2. The number of benzene rings is 1. The Morgan fingerprint density at radius 3 is 2.18 bits per heavy atom. The van der Waals surface area contributed by atoms with Gasteiger partial charge in [0.2, 0.25) is 5.54 Å². The molecule has 0 bridgehead atoms. The van der Waals surface area contributed by atoms with E-state index in [1.165, 1.54) is 0 Å². The lowest BCUT2D eigenvalue weighted by atomic mass is 9.80. The van der Waals surface area contributed by atoms with Gasteiger partial charge in [-0.05, 0) is 32.8 Å². The molecule has 1 fully saturated rings. The summed E-state index contributed by atoms with van der Waals surface area (Å²) in [6, 6.07) is 9.58. The van der Waals surface area contributed by atoms with Gasteiger partial charge < -0.3 is 9.47 Å². The Hall–Kier alpha value is -1.88. The van der Waals surface area contributed by atoms with Crippen molar-refractivity contribution in [1.82, 2.24) is 5.32 Å². The largest absolute Gasteiger partial charge is 0.464 e. The number of ether oxygens (including phenoxy) is 2. The number of carbonyl (C=O) groups excluding carboxylic acids is 2. The van der Waals surface area contributed by atoms with Gasteiger partial charge in [-0.3, -0.25) is 5.32 Å². The molecule has 0 saturated carbocycles. The van der Waals surface area contributed by atoms with Crippen molar-refractivity contribution in [3.05, 3.63) is 35.9 Å². The first-order valence-electron chi connectivity index (χ1n) is 7.73. The summed E-state index contributed by atoms with van der Waals surface area (Å²) in [6.07, 6.45) is 0.668. The van der Waals surface area contributed by atoms with Gasteiger partial charge in [0.1, 0.15) is 0 Å². The van der Waals surface area contributed by atoms with E-state index in [2.05, 4.69) is 5.32 Å². The van der Waals surface area contributed by atoms with E-state index >= 15 is 0 Å². The van der Waals surface area contributed by atoms with E-state index in [4.69, 9.17) is 9.47 Å². The van der Waals surface area contributed by atoms with Crippen molar-refractivity contribution in [2.75, 3.05) is 13.2 Å².